The van der Waals surface area contributed by atoms with Crippen LogP contribution in [0, 0.1) is 12.8 Å². The van der Waals surface area contributed by atoms with Crippen molar-refractivity contribution >= 4 is 11.6 Å². The third-order valence-corrected chi connectivity index (χ3v) is 2.93. The lowest BCUT2D eigenvalue weighted by Crippen LogP contribution is -2.23. The van der Waals surface area contributed by atoms with Gasteiger partial charge in [0.05, 0.1) is 23.9 Å². The predicted molar refractivity (Wildman–Crippen MR) is 61.5 cm³/mol. The first-order chi connectivity index (χ1) is 8.88. The van der Waals surface area contributed by atoms with Gasteiger partial charge in [0.2, 0.25) is 5.91 Å². The fraction of sp³-hybridized carbons (Fsp3) is 0.500. The topological polar surface area (TPSA) is 51.2 Å². The van der Waals surface area contributed by atoms with Gasteiger partial charge < -0.3 is 10.1 Å². The van der Waals surface area contributed by atoms with E-state index in [0.29, 0.717) is 25.3 Å². The molecule has 1 aliphatic heterocycles. The SMILES string of the molecule is Cc1nc(C(F)(F)F)ccc1NC(=O)[C@@H]1CCOC1. The first-order valence-corrected chi connectivity index (χ1v) is 5.81. The molecule has 0 unspecified atom stereocenters. The average molecular weight is 274 g/mol. The first-order valence-electron chi connectivity index (χ1n) is 5.81. The van der Waals surface area contributed by atoms with Gasteiger partial charge in [0.1, 0.15) is 5.69 Å². The molecule has 1 fully saturated rings. The van der Waals surface area contributed by atoms with Crippen LogP contribution in [0.1, 0.15) is 17.8 Å². The molecule has 1 aliphatic rings. The van der Waals surface area contributed by atoms with Gasteiger partial charge in [0.15, 0.2) is 0 Å². The number of nitrogens with zero attached hydrogens (tertiary/aromatic N) is 1. The van der Waals surface area contributed by atoms with Crippen molar-refractivity contribution in [1.82, 2.24) is 4.98 Å². The van der Waals surface area contributed by atoms with E-state index in [9.17, 15) is 18.0 Å². The van der Waals surface area contributed by atoms with Crippen LogP contribution in [0.4, 0.5) is 18.9 Å². The number of hydrogen-bond donors (Lipinski definition) is 1. The van der Waals surface area contributed by atoms with E-state index in [0.717, 1.165) is 6.07 Å². The minimum Gasteiger partial charge on any atom is -0.381 e. The molecule has 4 nitrogen and oxygen atoms in total. The summed E-state index contributed by atoms with van der Waals surface area (Å²) < 4.78 is 42.4. The Bertz CT molecular complexity index is 482. The van der Waals surface area contributed by atoms with Gasteiger partial charge in [-0.05, 0) is 25.5 Å². The normalized spacial score (nSPS) is 19.5. The zero-order valence-electron chi connectivity index (χ0n) is 10.3. The summed E-state index contributed by atoms with van der Waals surface area (Å²) in [5.41, 5.74) is -0.529. The zero-order chi connectivity index (χ0) is 14.0. The molecule has 0 radical (unpaired) electrons. The van der Waals surface area contributed by atoms with Crippen LogP contribution < -0.4 is 5.32 Å². The van der Waals surface area contributed by atoms with Crippen molar-refractivity contribution in [3.05, 3.63) is 23.5 Å². The highest BCUT2D eigenvalue weighted by Gasteiger charge is 2.33. The lowest BCUT2D eigenvalue weighted by atomic mass is 10.1. The number of aryl methyl sites for hydroxylation is 1. The molecule has 2 rings (SSSR count). The van der Waals surface area contributed by atoms with Crippen LogP contribution in [-0.2, 0) is 15.7 Å². The Labute approximate surface area is 108 Å². The van der Waals surface area contributed by atoms with Crippen LogP contribution in [0.2, 0.25) is 0 Å². The summed E-state index contributed by atoms with van der Waals surface area (Å²) in [5.74, 6) is -0.496. The van der Waals surface area contributed by atoms with Gasteiger partial charge in [-0.1, -0.05) is 0 Å². The zero-order valence-corrected chi connectivity index (χ0v) is 10.3. The summed E-state index contributed by atoms with van der Waals surface area (Å²) in [7, 11) is 0. The van der Waals surface area contributed by atoms with Crippen LogP contribution in [-0.4, -0.2) is 24.1 Å². The number of ether oxygens (including phenoxy) is 1. The van der Waals surface area contributed by atoms with Crippen molar-refractivity contribution in [3.8, 4) is 0 Å². The molecular weight excluding hydrogens is 261 g/mol. The molecule has 0 aromatic carbocycles. The Kier molecular flexibility index (Phi) is 3.75. The van der Waals surface area contributed by atoms with Crippen LogP contribution in [0.25, 0.3) is 0 Å². The highest BCUT2D eigenvalue weighted by molar-refractivity contribution is 5.93. The second-order valence-corrected chi connectivity index (χ2v) is 4.38. The highest BCUT2D eigenvalue weighted by Crippen LogP contribution is 2.29. The Morgan fingerprint density at radius 1 is 1.47 bits per heavy atom. The molecule has 1 saturated heterocycles. The van der Waals surface area contributed by atoms with E-state index in [-0.39, 0.29) is 17.5 Å². The largest absolute Gasteiger partial charge is 0.433 e. The van der Waals surface area contributed by atoms with E-state index in [1.165, 1.54) is 13.0 Å². The second kappa shape index (κ2) is 5.16. The van der Waals surface area contributed by atoms with Crippen molar-refractivity contribution in [3.63, 3.8) is 0 Å². The smallest absolute Gasteiger partial charge is 0.381 e. The van der Waals surface area contributed by atoms with Gasteiger partial charge in [0.25, 0.3) is 0 Å². The molecule has 104 valence electrons. The average Bonchev–Trinajstić information content (AvgIpc) is 2.84. The van der Waals surface area contributed by atoms with Crippen molar-refractivity contribution < 1.29 is 22.7 Å². The van der Waals surface area contributed by atoms with Crippen LogP contribution >= 0.6 is 0 Å². The number of hydrogen-bond acceptors (Lipinski definition) is 3. The van der Waals surface area contributed by atoms with Gasteiger partial charge in [-0.15, -0.1) is 0 Å². The van der Waals surface area contributed by atoms with Crippen LogP contribution in [0.15, 0.2) is 12.1 Å². The number of rotatable bonds is 2. The van der Waals surface area contributed by atoms with Gasteiger partial charge in [-0.2, -0.15) is 13.2 Å². The molecule has 1 N–H and O–H groups in total. The van der Waals surface area contributed by atoms with E-state index in [1.54, 1.807) is 0 Å². The molecule has 1 atom stereocenters. The fourth-order valence-electron chi connectivity index (χ4n) is 1.83. The number of anilines is 1. The quantitative estimate of drug-likeness (QED) is 0.900. The van der Waals surface area contributed by atoms with Crippen LogP contribution in [0.3, 0.4) is 0 Å². The Hall–Kier alpha value is -1.63. The second-order valence-electron chi connectivity index (χ2n) is 4.38. The number of carbonyl (C=O) groups is 1. The standard InChI is InChI=1S/C12H13F3N2O2/c1-7-9(2-3-10(16-7)12(13,14)15)17-11(18)8-4-5-19-6-8/h2-3,8H,4-6H2,1H3,(H,17,18)/t8-/m1/s1. The summed E-state index contributed by atoms with van der Waals surface area (Å²) >= 11 is 0. The number of carbonyl (C=O) groups excluding carboxylic acids is 1. The Balaban J connectivity index is 2.11. The van der Waals surface area contributed by atoms with E-state index in [2.05, 4.69) is 10.3 Å². The van der Waals surface area contributed by atoms with Crippen molar-refractivity contribution in [2.24, 2.45) is 5.92 Å². The molecule has 2 heterocycles. The summed E-state index contributed by atoms with van der Waals surface area (Å²) in [6.45, 7) is 2.30. The van der Waals surface area contributed by atoms with Crippen molar-refractivity contribution in [2.75, 3.05) is 18.5 Å². The fourth-order valence-corrected chi connectivity index (χ4v) is 1.83. The van der Waals surface area contributed by atoms with Crippen molar-refractivity contribution in [2.45, 2.75) is 19.5 Å². The lowest BCUT2D eigenvalue weighted by Gasteiger charge is -2.13. The maximum absolute atomic E-state index is 12.4. The monoisotopic (exact) mass is 274 g/mol. The molecular formula is C12H13F3N2O2. The summed E-state index contributed by atoms with van der Waals surface area (Å²) in [6.07, 6.45) is -3.86. The van der Waals surface area contributed by atoms with E-state index >= 15 is 0 Å². The third-order valence-electron chi connectivity index (χ3n) is 2.93. The number of halogens is 3. The number of alkyl halides is 3. The molecule has 1 amide bonds. The summed E-state index contributed by atoms with van der Waals surface area (Å²) in [4.78, 5) is 15.3. The van der Waals surface area contributed by atoms with Gasteiger partial charge in [-0.25, -0.2) is 4.98 Å². The molecule has 0 saturated carbocycles. The number of pyridine rings is 1. The minimum absolute atomic E-state index is 0.141. The molecule has 19 heavy (non-hydrogen) atoms. The number of amides is 1. The summed E-state index contributed by atoms with van der Waals surface area (Å²) in [5, 5.41) is 2.58. The number of nitrogens with one attached hydrogen (secondary N) is 1. The van der Waals surface area contributed by atoms with E-state index in [4.69, 9.17) is 4.74 Å². The molecule has 0 bridgehead atoms. The molecule has 7 heteroatoms. The lowest BCUT2D eigenvalue weighted by molar-refractivity contribution is -0.141. The molecule has 1 aromatic rings. The molecule has 0 aliphatic carbocycles. The van der Waals surface area contributed by atoms with Crippen molar-refractivity contribution in [1.29, 1.82) is 0 Å². The van der Waals surface area contributed by atoms with Gasteiger partial charge in [-0.3, -0.25) is 4.79 Å². The first kappa shape index (κ1) is 13.8. The van der Waals surface area contributed by atoms with E-state index < -0.39 is 11.9 Å². The maximum Gasteiger partial charge on any atom is 0.433 e. The Morgan fingerprint density at radius 2 is 2.21 bits per heavy atom. The predicted octanol–water partition coefficient (Wildman–Crippen LogP) is 2.38. The maximum atomic E-state index is 12.4. The third kappa shape index (κ3) is 3.23. The summed E-state index contributed by atoms with van der Waals surface area (Å²) in [6, 6.07) is 2.08. The van der Waals surface area contributed by atoms with E-state index in [1.807, 2.05) is 0 Å². The molecule has 1 aromatic heterocycles. The highest BCUT2D eigenvalue weighted by atomic mass is 19.4. The van der Waals surface area contributed by atoms with Crippen LogP contribution in [0.5, 0.6) is 0 Å². The van der Waals surface area contributed by atoms with Gasteiger partial charge >= 0.3 is 6.18 Å². The molecule has 0 spiro atoms. The number of aromatic nitrogens is 1. The minimum atomic E-state index is -4.48. The van der Waals surface area contributed by atoms with Gasteiger partial charge in [0, 0.05) is 6.61 Å². The Morgan fingerprint density at radius 3 is 2.74 bits per heavy atom.